The number of aromatic nitrogens is 11. The number of carbonyl (C=O) groups excluding carboxylic acids is 5. The Kier molecular flexibility index (Phi) is 29.9. The van der Waals surface area contributed by atoms with Crippen LogP contribution in [0, 0.1) is 6.92 Å². The van der Waals surface area contributed by atoms with E-state index in [1.54, 1.807) is 73.7 Å². The Hall–Kier alpha value is -16.7. The maximum Gasteiger partial charge on any atom is 0.254 e. The molecule has 0 radical (unpaired) electrons. The summed E-state index contributed by atoms with van der Waals surface area (Å²) in [6.45, 7) is 24.2. The zero-order valence-electron chi connectivity index (χ0n) is 79.8. The van der Waals surface area contributed by atoms with Crippen LogP contribution in [0.15, 0.2) is 301 Å². The van der Waals surface area contributed by atoms with Gasteiger partial charge in [0.05, 0.1) is 58.7 Å². The van der Waals surface area contributed by atoms with Crippen LogP contribution >= 0.6 is 0 Å². The lowest BCUT2D eigenvalue weighted by atomic mass is 9.99. The third kappa shape index (κ3) is 22.2. The first-order valence-electron chi connectivity index (χ1n) is 48.2. The molecule has 21 rings (SSSR count). The first-order chi connectivity index (χ1) is 69.4. The molecule has 15 heterocycles. The first kappa shape index (κ1) is 95.6. The number of likely N-dealkylation sites (tertiary alicyclic amines) is 1. The summed E-state index contributed by atoms with van der Waals surface area (Å²) in [5.74, 6) is -0.0384. The molecule has 0 bridgehead atoms. The highest BCUT2D eigenvalue weighted by Crippen LogP contribution is 2.35. The number of imidazole rings is 4. The van der Waals surface area contributed by atoms with Gasteiger partial charge in [0.2, 0.25) is 16.7 Å². The Labute approximate surface area is 819 Å². The maximum absolute atomic E-state index is 13.1. The summed E-state index contributed by atoms with van der Waals surface area (Å²) in [5, 5.41) is 22.7. The van der Waals surface area contributed by atoms with Gasteiger partial charge in [-0.05, 0) is 257 Å². The number of hydrogen-bond acceptors (Lipinski definition) is 20. The average Bonchev–Trinajstić information content (AvgIpc) is 1.61. The van der Waals surface area contributed by atoms with Gasteiger partial charge in [-0.25, -0.2) is 19.9 Å². The van der Waals surface area contributed by atoms with E-state index in [1.165, 1.54) is 17.5 Å². The second kappa shape index (κ2) is 44.4. The van der Waals surface area contributed by atoms with Crippen LogP contribution in [0.4, 0.5) is 45.5 Å². The van der Waals surface area contributed by atoms with Crippen LogP contribution in [0.2, 0.25) is 0 Å². The van der Waals surface area contributed by atoms with Crippen LogP contribution in [0.25, 0.3) is 67.6 Å². The number of hydrogen-bond donors (Lipinski definition) is 10. The van der Waals surface area contributed by atoms with Gasteiger partial charge in [0.15, 0.2) is 22.6 Å². The molecule has 2 fully saturated rings. The number of ether oxygens (including phenoxy) is 1. The zero-order chi connectivity index (χ0) is 98.1. The molecule has 722 valence electrons. The molecule has 0 aliphatic carbocycles. The highest BCUT2D eigenvalue weighted by atomic mass is 16.5. The van der Waals surface area contributed by atoms with Crippen LogP contribution in [0.3, 0.4) is 0 Å². The zero-order valence-corrected chi connectivity index (χ0v) is 79.8. The summed E-state index contributed by atoms with van der Waals surface area (Å²) in [5.41, 5.74) is 24.3. The third-order valence-electron chi connectivity index (χ3n) is 26.4. The van der Waals surface area contributed by atoms with Crippen LogP contribution < -0.4 is 53.9 Å². The van der Waals surface area contributed by atoms with Gasteiger partial charge in [-0.15, -0.1) is 0 Å². The molecule has 11 aromatic heterocycles. The lowest BCUT2D eigenvalue weighted by Gasteiger charge is -2.29. The molecule has 142 heavy (non-hydrogen) atoms. The number of pyridine rings is 7. The molecular formula is C110H113N23O9. The van der Waals surface area contributed by atoms with E-state index in [2.05, 4.69) is 138 Å². The predicted molar refractivity (Wildman–Crippen MR) is 556 cm³/mol. The fourth-order valence-corrected chi connectivity index (χ4v) is 18.6. The average molecular weight is 1900 g/mol. The van der Waals surface area contributed by atoms with E-state index in [9.17, 15) is 38.4 Å². The fourth-order valence-electron chi connectivity index (χ4n) is 18.6. The van der Waals surface area contributed by atoms with Crippen LogP contribution in [0.1, 0.15) is 115 Å². The van der Waals surface area contributed by atoms with E-state index in [1.807, 2.05) is 224 Å². The van der Waals surface area contributed by atoms with Gasteiger partial charge in [0, 0.05) is 232 Å². The number of morpholine rings is 1. The Balaban J connectivity index is 0.000000125. The Bertz CT molecular complexity index is 7600. The number of aromatic amines is 3. The molecule has 6 aromatic carbocycles. The van der Waals surface area contributed by atoms with E-state index in [4.69, 9.17) is 4.74 Å². The van der Waals surface area contributed by atoms with Crippen molar-refractivity contribution in [1.29, 1.82) is 0 Å². The molecule has 32 heteroatoms. The van der Waals surface area contributed by atoms with Gasteiger partial charge >= 0.3 is 0 Å². The summed E-state index contributed by atoms with van der Waals surface area (Å²) in [7, 11) is 0. The smallest absolute Gasteiger partial charge is 0.254 e. The number of benzene rings is 6. The summed E-state index contributed by atoms with van der Waals surface area (Å²) < 4.78 is 13.2. The molecular weight excluding hydrogens is 1790 g/mol. The molecule has 4 aliphatic heterocycles. The number of carbonyl (C=O) groups is 5. The van der Waals surface area contributed by atoms with E-state index in [0.29, 0.717) is 67.6 Å². The molecule has 0 spiro atoms. The lowest BCUT2D eigenvalue weighted by molar-refractivity contribution is 0.0383. The summed E-state index contributed by atoms with van der Waals surface area (Å²) >= 11 is 0. The van der Waals surface area contributed by atoms with Crippen LogP contribution in [0.5, 0.6) is 0 Å². The van der Waals surface area contributed by atoms with Crippen LogP contribution in [-0.4, -0.2) is 211 Å². The predicted octanol–water partition coefficient (Wildman–Crippen LogP) is 15.9. The normalized spacial score (nSPS) is 13.9. The Morgan fingerprint density at radius 3 is 1.42 bits per heavy atom. The molecule has 1 atom stereocenters. The molecule has 4 aliphatic rings. The summed E-state index contributed by atoms with van der Waals surface area (Å²) in [6.07, 6.45) is 22.6. The quantitative estimate of drug-likeness (QED) is 0.0218. The molecule has 2 saturated heterocycles. The SMILES string of the molecule is CCN(CC)CCN(CC)C(=O)c1ccc(Nc2ccc(-c3cc[nH]c(=O)c3)n3ccnc23)cc1.CCN1CCCC1CNC(=O)c1ccc(Nc2ccc(-c3ccc4c(c3)CNC4=O)n3ccnc23)cc1C.O=C(NCCN1CCOCC1)c1ccc(Nc2ccc(-c3cc[nH]c(=O)c3)n3ccnc23)cc1.O=C(c1ccc(Nc2ccc(-c3cc[nH]c(=O)c3)n3ccnc23)cc1)N1CCc2ccccc2C1. The maximum atomic E-state index is 13.1. The van der Waals surface area contributed by atoms with Crippen LogP contribution in [-0.2, 0) is 24.2 Å². The first-order valence-corrected chi connectivity index (χ1v) is 48.2. The fraction of sp³-hybridized carbons (Fsp3) is 0.236. The molecule has 32 nitrogen and oxygen atoms in total. The number of anilines is 8. The van der Waals surface area contributed by atoms with Crippen molar-refractivity contribution in [2.45, 2.75) is 73.0 Å². The van der Waals surface area contributed by atoms with E-state index in [-0.39, 0.29) is 46.2 Å². The number of nitrogens with one attached hydrogen (secondary N) is 10. The van der Waals surface area contributed by atoms with Gasteiger partial charge in [-0.2, -0.15) is 0 Å². The highest BCUT2D eigenvalue weighted by Gasteiger charge is 2.28. The molecule has 1 unspecified atom stereocenters. The number of fused-ring (bicyclic) bond motifs is 6. The number of aryl methyl sites for hydroxylation is 1. The minimum Gasteiger partial charge on any atom is -0.379 e. The summed E-state index contributed by atoms with van der Waals surface area (Å²) in [4.78, 5) is 136. The topological polar surface area (TPSA) is 363 Å². The lowest BCUT2D eigenvalue weighted by Crippen LogP contribution is -2.41. The van der Waals surface area contributed by atoms with Gasteiger partial charge in [-0.3, -0.25) is 65.8 Å². The van der Waals surface area contributed by atoms with E-state index < -0.39 is 0 Å². The minimum atomic E-state index is -0.154. The van der Waals surface area contributed by atoms with Crippen molar-refractivity contribution in [3.63, 3.8) is 0 Å². The van der Waals surface area contributed by atoms with Crippen molar-refractivity contribution in [3.05, 3.63) is 368 Å². The van der Waals surface area contributed by atoms with Gasteiger partial charge in [0.25, 0.3) is 29.5 Å². The Morgan fingerprint density at radius 1 is 0.458 bits per heavy atom. The molecule has 10 N–H and O–H groups in total. The number of nitrogens with zero attached hydrogens (tertiary/aromatic N) is 13. The number of rotatable bonds is 28. The second-order valence-corrected chi connectivity index (χ2v) is 35.2. The number of amides is 5. The molecule has 17 aromatic rings. The largest absolute Gasteiger partial charge is 0.379 e. The van der Waals surface area contributed by atoms with Crippen molar-refractivity contribution in [2.24, 2.45) is 0 Å². The third-order valence-corrected chi connectivity index (χ3v) is 26.4. The molecule has 0 saturated carbocycles. The second-order valence-electron chi connectivity index (χ2n) is 35.2. The number of likely N-dealkylation sites (N-methyl/N-ethyl adjacent to an activating group) is 3. The minimum absolute atomic E-state index is 0.0189. The Morgan fingerprint density at radius 2 is 0.937 bits per heavy atom. The molecule has 5 amide bonds. The van der Waals surface area contributed by atoms with Gasteiger partial charge in [-0.1, -0.05) is 51.1 Å². The monoisotopic (exact) mass is 1900 g/mol. The van der Waals surface area contributed by atoms with Crippen molar-refractivity contribution < 1.29 is 28.7 Å². The number of H-pyrrole nitrogens is 3. The van der Waals surface area contributed by atoms with E-state index >= 15 is 0 Å². The van der Waals surface area contributed by atoms with Gasteiger partial charge in [0.1, 0.15) is 0 Å². The standard InChI is InChI=1S/C30H32N6O2.C28H23N5O2.C27H32N6O2.C25H26N6O3/c1-3-35-13-4-5-23(35)18-33-29(37)24-9-7-22(15-19(24)2)34-26-10-11-27(36-14-12-31-28(26)36)20-6-8-25-21(16-20)17-32-30(25)38;34-26-17-21(11-13-29-26)25-10-9-24(27-30-14-16-33(25)27)31-23-7-5-20(6-8-23)28(35)32-15-12-19-3-1-2-4-22(19)18-32;1-4-31(5-2)17-18-32(6-3)27(35)20-7-9-22(10-8-20)30-23-11-12-24(33-16-15-29-26(23)33)21-13-14-28-25(34)19-21;32-23-17-19(7-8-26-23)22-6-5-21(24-27-10-12-31(22)24)29-20-3-1-18(2-4-20)25(33)28-9-11-30-13-15-34-16-14-30/h6-12,14-16,23,34H,3-5,13,17-18H2,1-2H3,(H,32,38)(H,33,37);1-11,13-14,16-17,31H,12,15,18H2,(H,29,34);7-16,19,30H,4-6,17-18H2,1-3H3,(H,28,34);1-8,10,12,17,29H,9,11,13-16H2,(H,26,32)(H,28,33). The van der Waals surface area contributed by atoms with Crippen molar-refractivity contribution >= 4 is 97.6 Å². The highest BCUT2D eigenvalue weighted by molar-refractivity contribution is 6.00. The van der Waals surface area contributed by atoms with E-state index in [0.717, 1.165) is 215 Å². The van der Waals surface area contributed by atoms with Crippen molar-refractivity contribution in [2.75, 3.05) is 120 Å². The van der Waals surface area contributed by atoms with Gasteiger partial charge < -0.3 is 71.6 Å². The van der Waals surface area contributed by atoms with Crippen molar-refractivity contribution in [1.82, 2.24) is 92.9 Å². The summed E-state index contributed by atoms with van der Waals surface area (Å²) in [6, 6.07) is 69.0. The van der Waals surface area contributed by atoms with Crippen molar-refractivity contribution in [3.8, 4) is 45.0 Å².